The lowest BCUT2D eigenvalue weighted by atomic mass is 9.95. The van der Waals surface area contributed by atoms with Gasteiger partial charge in [-0.3, -0.25) is 24.6 Å². The van der Waals surface area contributed by atoms with Crippen LogP contribution in [-0.2, 0) is 9.59 Å². The zero-order chi connectivity index (χ0) is 25.7. The second-order valence-corrected chi connectivity index (χ2v) is 9.46. The maximum Gasteiger partial charge on any atom is 0.301 e. The van der Waals surface area contributed by atoms with Crippen LogP contribution in [0.5, 0.6) is 0 Å². The number of nitrogens with zero attached hydrogens (tertiary/aromatic N) is 3. The van der Waals surface area contributed by atoms with Gasteiger partial charge in [0.15, 0.2) is 5.13 Å². The quantitative estimate of drug-likeness (QED) is 0.128. The number of rotatable bonds is 4. The van der Waals surface area contributed by atoms with Gasteiger partial charge < -0.3 is 5.11 Å². The molecule has 8 nitrogen and oxygen atoms in total. The Morgan fingerprint density at radius 1 is 1.11 bits per heavy atom. The molecule has 3 aromatic carbocycles. The first-order valence-electron chi connectivity index (χ1n) is 10.8. The van der Waals surface area contributed by atoms with Crippen LogP contribution in [0.2, 0.25) is 0 Å². The Bertz CT molecular complexity index is 1610. The van der Waals surface area contributed by atoms with Crippen LogP contribution in [0.1, 0.15) is 28.3 Å². The summed E-state index contributed by atoms with van der Waals surface area (Å²) in [7, 11) is 0. The van der Waals surface area contributed by atoms with E-state index in [1.807, 2.05) is 26.0 Å². The van der Waals surface area contributed by atoms with Crippen molar-refractivity contribution in [3.63, 3.8) is 0 Å². The van der Waals surface area contributed by atoms with Crippen LogP contribution in [0.15, 0.2) is 66.2 Å². The number of nitro benzene ring substituents is 1. The number of halogens is 1. The molecule has 1 aliphatic rings. The van der Waals surface area contributed by atoms with Gasteiger partial charge in [0, 0.05) is 17.7 Å². The molecule has 0 unspecified atom stereocenters. The summed E-state index contributed by atoms with van der Waals surface area (Å²) in [6.45, 7) is 3.82. The van der Waals surface area contributed by atoms with Crippen LogP contribution in [0.3, 0.4) is 0 Å². The number of carbonyl (C=O) groups is 2. The number of hydrogen-bond acceptors (Lipinski definition) is 7. The van der Waals surface area contributed by atoms with Crippen LogP contribution < -0.4 is 4.90 Å². The molecule has 180 valence electrons. The molecule has 4 aromatic rings. The number of hydrogen-bond donors (Lipinski definition) is 1. The summed E-state index contributed by atoms with van der Waals surface area (Å²) in [6, 6.07) is 13.0. The first-order chi connectivity index (χ1) is 17.2. The predicted octanol–water partition coefficient (Wildman–Crippen LogP) is 5.59. The summed E-state index contributed by atoms with van der Waals surface area (Å²) in [5, 5.41) is 22.8. The van der Waals surface area contributed by atoms with Gasteiger partial charge in [-0.2, -0.15) is 0 Å². The van der Waals surface area contributed by atoms with E-state index in [9.17, 15) is 29.2 Å². The van der Waals surface area contributed by atoms with E-state index in [1.165, 1.54) is 47.7 Å². The Morgan fingerprint density at radius 2 is 1.83 bits per heavy atom. The molecule has 1 aliphatic heterocycles. The number of nitro groups is 1. The fourth-order valence-corrected chi connectivity index (χ4v) is 5.55. The standard InChI is InChI=1S/C26H18FN3O5S/c1-13-10-14(2)21-19(11-13)36-26(28-21)29-22(16-4-3-5-18(12-16)30(34)35)20(24(32)25(29)33)23(31)15-6-8-17(27)9-7-15/h3-12,22,31H,1-2H3/b23-20+/t22-/m0/s1. The van der Waals surface area contributed by atoms with Crippen LogP contribution in [0.25, 0.3) is 16.0 Å². The number of anilines is 1. The highest BCUT2D eigenvalue weighted by atomic mass is 32.1. The van der Waals surface area contributed by atoms with Gasteiger partial charge in [-0.15, -0.1) is 0 Å². The molecule has 1 amide bonds. The number of aryl methyl sites for hydroxylation is 2. The van der Waals surface area contributed by atoms with Crippen molar-refractivity contribution in [1.29, 1.82) is 0 Å². The fraction of sp³-hybridized carbons (Fsp3) is 0.115. The molecule has 1 aromatic heterocycles. The topological polar surface area (TPSA) is 114 Å². The molecule has 0 radical (unpaired) electrons. The molecule has 1 saturated heterocycles. The Morgan fingerprint density at radius 3 is 2.53 bits per heavy atom. The smallest absolute Gasteiger partial charge is 0.301 e. The predicted molar refractivity (Wildman–Crippen MR) is 133 cm³/mol. The third-order valence-corrected chi connectivity index (χ3v) is 6.99. The number of benzene rings is 3. The third-order valence-electron chi connectivity index (χ3n) is 5.98. The number of ketones is 1. The number of thiazole rings is 1. The van der Waals surface area contributed by atoms with Gasteiger partial charge in [-0.05, 0) is 60.9 Å². The molecular formula is C26H18FN3O5S. The fourth-order valence-electron chi connectivity index (χ4n) is 4.38. The summed E-state index contributed by atoms with van der Waals surface area (Å²) in [5.74, 6) is -2.95. The monoisotopic (exact) mass is 503 g/mol. The summed E-state index contributed by atoms with van der Waals surface area (Å²) in [6.07, 6.45) is 0. The van der Waals surface area contributed by atoms with E-state index >= 15 is 0 Å². The molecule has 1 atom stereocenters. The van der Waals surface area contributed by atoms with E-state index in [0.717, 1.165) is 32.9 Å². The van der Waals surface area contributed by atoms with Gasteiger partial charge in [0.2, 0.25) is 0 Å². The normalized spacial score (nSPS) is 17.2. The Balaban J connectivity index is 1.76. The summed E-state index contributed by atoms with van der Waals surface area (Å²) >= 11 is 1.20. The van der Waals surface area contributed by atoms with Crippen molar-refractivity contribution < 1.29 is 24.0 Å². The maximum absolute atomic E-state index is 13.5. The summed E-state index contributed by atoms with van der Waals surface area (Å²) in [5.41, 5.74) is 2.43. The lowest BCUT2D eigenvalue weighted by Crippen LogP contribution is -2.29. The Hall–Kier alpha value is -4.44. The lowest BCUT2D eigenvalue weighted by Gasteiger charge is -2.22. The molecule has 36 heavy (non-hydrogen) atoms. The summed E-state index contributed by atoms with van der Waals surface area (Å²) in [4.78, 5) is 43.3. The maximum atomic E-state index is 13.5. The second kappa shape index (κ2) is 8.65. The molecule has 1 N–H and O–H groups in total. The van der Waals surface area contributed by atoms with Gasteiger partial charge in [-0.25, -0.2) is 9.37 Å². The van der Waals surface area contributed by atoms with E-state index in [4.69, 9.17) is 0 Å². The number of aliphatic hydroxyl groups is 1. The molecule has 0 spiro atoms. The Labute approximate surface area is 208 Å². The van der Waals surface area contributed by atoms with Crippen molar-refractivity contribution in [3.8, 4) is 0 Å². The van der Waals surface area contributed by atoms with E-state index < -0.39 is 34.2 Å². The zero-order valence-corrected chi connectivity index (χ0v) is 19.9. The number of carbonyl (C=O) groups excluding carboxylic acids is 2. The van der Waals surface area contributed by atoms with Crippen molar-refractivity contribution in [2.75, 3.05) is 4.90 Å². The van der Waals surface area contributed by atoms with E-state index in [1.54, 1.807) is 0 Å². The van der Waals surface area contributed by atoms with Gasteiger partial charge in [0.1, 0.15) is 11.6 Å². The first kappa shape index (κ1) is 23.3. The van der Waals surface area contributed by atoms with Crippen LogP contribution in [0, 0.1) is 29.8 Å². The average Bonchev–Trinajstić information content (AvgIpc) is 3.38. The minimum Gasteiger partial charge on any atom is -0.507 e. The number of Topliss-reactive ketones (excluding diaryl/α,β-unsaturated/α-hetero) is 1. The SMILES string of the molecule is Cc1cc(C)c2nc(N3C(=O)C(=O)/C(=C(/O)c4ccc(F)cc4)[C@@H]3c3cccc([N+](=O)[O-])c3)sc2c1. The van der Waals surface area contributed by atoms with Crippen LogP contribution in [-0.4, -0.2) is 26.7 Å². The van der Waals surface area contributed by atoms with Crippen molar-refractivity contribution in [2.45, 2.75) is 19.9 Å². The Kier molecular flexibility index (Phi) is 5.60. The van der Waals surface area contributed by atoms with Gasteiger partial charge in [-0.1, -0.05) is 29.5 Å². The molecule has 5 rings (SSSR count). The van der Waals surface area contributed by atoms with Crippen LogP contribution in [0.4, 0.5) is 15.2 Å². The van der Waals surface area contributed by atoms with Crippen molar-refractivity contribution >= 4 is 49.8 Å². The largest absolute Gasteiger partial charge is 0.507 e. The molecule has 0 bridgehead atoms. The lowest BCUT2D eigenvalue weighted by molar-refractivity contribution is -0.384. The molecular weight excluding hydrogens is 485 g/mol. The highest BCUT2D eigenvalue weighted by Crippen LogP contribution is 2.45. The van der Waals surface area contributed by atoms with E-state index in [-0.39, 0.29) is 27.5 Å². The average molecular weight is 504 g/mol. The molecule has 0 aliphatic carbocycles. The second-order valence-electron chi connectivity index (χ2n) is 8.45. The van der Waals surface area contributed by atoms with Crippen molar-refractivity contribution in [3.05, 3.63) is 104 Å². The van der Waals surface area contributed by atoms with Gasteiger partial charge >= 0.3 is 5.91 Å². The van der Waals surface area contributed by atoms with Gasteiger partial charge in [0.25, 0.3) is 11.5 Å². The van der Waals surface area contributed by atoms with Gasteiger partial charge in [0.05, 0.1) is 26.8 Å². The molecule has 2 heterocycles. The molecule has 10 heteroatoms. The minimum atomic E-state index is -1.18. The van der Waals surface area contributed by atoms with Crippen molar-refractivity contribution in [2.24, 2.45) is 0 Å². The zero-order valence-electron chi connectivity index (χ0n) is 19.1. The third kappa shape index (κ3) is 3.81. The highest BCUT2D eigenvalue weighted by Gasteiger charge is 2.48. The van der Waals surface area contributed by atoms with Crippen molar-refractivity contribution in [1.82, 2.24) is 4.98 Å². The number of aliphatic hydroxyl groups excluding tert-OH is 1. The van der Waals surface area contributed by atoms with E-state index in [0.29, 0.717) is 5.52 Å². The number of non-ortho nitro benzene ring substituents is 1. The minimum absolute atomic E-state index is 0.126. The number of fused-ring (bicyclic) bond motifs is 1. The molecule has 0 saturated carbocycles. The first-order valence-corrected chi connectivity index (χ1v) is 11.7. The molecule has 1 fully saturated rings. The van der Waals surface area contributed by atoms with E-state index in [2.05, 4.69) is 4.98 Å². The number of amides is 1. The summed E-state index contributed by atoms with van der Waals surface area (Å²) < 4.78 is 14.3. The number of aromatic nitrogens is 1. The highest BCUT2D eigenvalue weighted by molar-refractivity contribution is 7.22. The van der Waals surface area contributed by atoms with Crippen LogP contribution >= 0.6 is 11.3 Å².